The number of aryl methyl sites for hydroxylation is 1. The molecular formula is C20H32IN3O3. The van der Waals surface area contributed by atoms with Crippen molar-refractivity contribution in [2.24, 2.45) is 4.99 Å². The molecule has 3 unspecified atom stereocenters. The summed E-state index contributed by atoms with van der Waals surface area (Å²) >= 11 is 0. The Kier molecular flexibility index (Phi) is 9.11. The van der Waals surface area contributed by atoms with Crippen LogP contribution in [0.25, 0.3) is 0 Å². The van der Waals surface area contributed by atoms with Gasteiger partial charge in [-0.3, -0.25) is 4.99 Å². The first-order valence-electron chi connectivity index (χ1n) is 9.58. The van der Waals surface area contributed by atoms with Crippen molar-refractivity contribution in [1.82, 2.24) is 10.2 Å². The number of rotatable bonds is 5. The minimum absolute atomic E-state index is 0. The second-order valence-electron chi connectivity index (χ2n) is 7.08. The standard InChI is InChI=1S/C20H31N3O3.HI/c1-15-6-8-17(9-7-15)26-16(2)13-22-20(21-3)23-10-12-25-19(14-23)18-5-4-11-24-18;/h6-9,16,18-19H,4-5,10-14H2,1-3H3,(H,21,22);1H. The number of guanidine groups is 1. The van der Waals surface area contributed by atoms with E-state index in [2.05, 4.69) is 41.2 Å². The highest BCUT2D eigenvalue weighted by atomic mass is 127. The topological polar surface area (TPSA) is 55.3 Å². The molecule has 6 nitrogen and oxygen atoms in total. The number of benzene rings is 1. The number of nitrogens with one attached hydrogen (secondary N) is 1. The molecule has 2 aliphatic heterocycles. The molecule has 0 radical (unpaired) electrons. The third-order valence-electron chi connectivity index (χ3n) is 4.89. The fraction of sp³-hybridized carbons (Fsp3) is 0.650. The highest BCUT2D eigenvalue weighted by Gasteiger charge is 2.32. The molecule has 1 aromatic rings. The van der Waals surface area contributed by atoms with E-state index in [1.165, 1.54) is 5.56 Å². The van der Waals surface area contributed by atoms with E-state index in [1.807, 2.05) is 19.2 Å². The Balaban J connectivity index is 0.00000261. The zero-order chi connectivity index (χ0) is 18.4. The summed E-state index contributed by atoms with van der Waals surface area (Å²) in [5, 5.41) is 3.44. The Morgan fingerprint density at radius 2 is 2.00 bits per heavy atom. The van der Waals surface area contributed by atoms with Gasteiger partial charge in [-0.1, -0.05) is 17.7 Å². The van der Waals surface area contributed by atoms with Crippen molar-refractivity contribution in [3.05, 3.63) is 29.8 Å². The number of aliphatic imine (C=N–C) groups is 1. The van der Waals surface area contributed by atoms with E-state index >= 15 is 0 Å². The summed E-state index contributed by atoms with van der Waals surface area (Å²) in [6, 6.07) is 8.14. The Morgan fingerprint density at radius 3 is 2.67 bits per heavy atom. The summed E-state index contributed by atoms with van der Waals surface area (Å²) in [7, 11) is 1.82. The molecule has 1 aromatic carbocycles. The molecule has 2 saturated heterocycles. The quantitative estimate of drug-likeness (QED) is 0.392. The molecule has 3 atom stereocenters. The van der Waals surface area contributed by atoms with Crippen LogP contribution in [0.3, 0.4) is 0 Å². The van der Waals surface area contributed by atoms with E-state index < -0.39 is 0 Å². The van der Waals surface area contributed by atoms with Crippen molar-refractivity contribution in [3.63, 3.8) is 0 Å². The van der Waals surface area contributed by atoms with E-state index in [1.54, 1.807) is 0 Å². The van der Waals surface area contributed by atoms with Gasteiger partial charge >= 0.3 is 0 Å². The first-order chi connectivity index (χ1) is 12.7. The highest BCUT2D eigenvalue weighted by Crippen LogP contribution is 2.21. The third-order valence-corrected chi connectivity index (χ3v) is 4.89. The maximum atomic E-state index is 5.97. The molecular weight excluding hydrogens is 457 g/mol. The number of morpholine rings is 1. The molecule has 0 spiro atoms. The van der Waals surface area contributed by atoms with Crippen LogP contribution < -0.4 is 10.1 Å². The molecule has 0 bridgehead atoms. The number of halogens is 1. The van der Waals surface area contributed by atoms with Crippen molar-refractivity contribution >= 4 is 29.9 Å². The smallest absolute Gasteiger partial charge is 0.193 e. The maximum Gasteiger partial charge on any atom is 0.193 e. The van der Waals surface area contributed by atoms with Gasteiger partial charge in [-0.15, -0.1) is 24.0 Å². The summed E-state index contributed by atoms with van der Waals surface area (Å²) in [6.07, 6.45) is 2.62. The molecule has 7 heteroatoms. The second-order valence-corrected chi connectivity index (χ2v) is 7.08. The third kappa shape index (κ3) is 6.50. The van der Waals surface area contributed by atoms with Gasteiger partial charge in [-0.2, -0.15) is 0 Å². The number of hydrogen-bond donors (Lipinski definition) is 1. The largest absolute Gasteiger partial charge is 0.489 e. The van der Waals surface area contributed by atoms with E-state index in [-0.39, 0.29) is 42.3 Å². The van der Waals surface area contributed by atoms with Crippen molar-refractivity contribution in [2.75, 3.05) is 39.9 Å². The predicted octanol–water partition coefficient (Wildman–Crippen LogP) is 2.84. The lowest BCUT2D eigenvalue weighted by Gasteiger charge is -2.37. The van der Waals surface area contributed by atoms with Gasteiger partial charge in [0.15, 0.2) is 5.96 Å². The lowest BCUT2D eigenvalue weighted by molar-refractivity contribution is -0.0817. The molecule has 152 valence electrons. The molecule has 2 heterocycles. The van der Waals surface area contributed by atoms with E-state index in [9.17, 15) is 0 Å². The molecule has 27 heavy (non-hydrogen) atoms. The zero-order valence-corrected chi connectivity index (χ0v) is 18.8. The van der Waals surface area contributed by atoms with Crippen LogP contribution in [0.5, 0.6) is 5.75 Å². The Hall–Kier alpha value is -1.06. The summed E-state index contributed by atoms with van der Waals surface area (Å²) in [6.45, 7) is 8.06. The monoisotopic (exact) mass is 489 g/mol. The molecule has 1 N–H and O–H groups in total. The van der Waals surface area contributed by atoms with Gasteiger partial charge in [0.05, 0.1) is 19.3 Å². The van der Waals surface area contributed by atoms with Crippen molar-refractivity contribution in [1.29, 1.82) is 0 Å². The van der Waals surface area contributed by atoms with E-state index in [0.29, 0.717) is 13.2 Å². The van der Waals surface area contributed by atoms with Crippen LogP contribution in [-0.4, -0.2) is 69.1 Å². The number of ether oxygens (including phenoxy) is 3. The summed E-state index contributed by atoms with van der Waals surface area (Å²) in [4.78, 5) is 6.70. The van der Waals surface area contributed by atoms with E-state index in [0.717, 1.165) is 44.2 Å². The average Bonchev–Trinajstić information content (AvgIpc) is 3.19. The molecule has 0 aliphatic carbocycles. The Bertz CT molecular complexity index is 591. The van der Waals surface area contributed by atoms with Crippen LogP contribution in [0.2, 0.25) is 0 Å². The van der Waals surface area contributed by atoms with Gasteiger partial charge in [-0.05, 0) is 38.8 Å². The minimum atomic E-state index is 0. The van der Waals surface area contributed by atoms with Crippen molar-refractivity contribution in [3.8, 4) is 5.75 Å². The van der Waals surface area contributed by atoms with Crippen LogP contribution in [0.1, 0.15) is 25.3 Å². The Labute approximate surface area is 179 Å². The molecule has 0 amide bonds. The minimum Gasteiger partial charge on any atom is -0.489 e. The van der Waals surface area contributed by atoms with Crippen LogP contribution in [0.15, 0.2) is 29.3 Å². The van der Waals surface area contributed by atoms with Gasteiger partial charge in [0.25, 0.3) is 0 Å². The molecule has 2 fully saturated rings. The zero-order valence-electron chi connectivity index (χ0n) is 16.5. The number of nitrogens with zero attached hydrogens (tertiary/aromatic N) is 2. The first-order valence-corrected chi connectivity index (χ1v) is 9.58. The Morgan fingerprint density at radius 1 is 1.26 bits per heavy atom. The summed E-state index contributed by atoms with van der Waals surface area (Å²) in [5.41, 5.74) is 1.23. The van der Waals surface area contributed by atoms with Crippen LogP contribution >= 0.6 is 24.0 Å². The van der Waals surface area contributed by atoms with Gasteiger partial charge in [0.1, 0.15) is 18.0 Å². The molecule has 3 rings (SSSR count). The lowest BCUT2D eigenvalue weighted by atomic mass is 10.1. The van der Waals surface area contributed by atoms with Crippen molar-refractivity contribution in [2.45, 2.75) is 45.0 Å². The molecule has 2 aliphatic rings. The SMILES string of the molecule is CN=C(NCC(C)Oc1ccc(C)cc1)N1CCOC(C2CCCO2)C1.I. The highest BCUT2D eigenvalue weighted by molar-refractivity contribution is 14.0. The first kappa shape index (κ1) is 22.2. The van der Waals surface area contributed by atoms with Crippen LogP contribution in [0, 0.1) is 6.92 Å². The maximum absolute atomic E-state index is 5.97. The fourth-order valence-electron chi connectivity index (χ4n) is 3.45. The summed E-state index contributed by atoms with van der Waals surface area (Å²) in [5.74, 6) is 1.79. The van der Waals surface area contributed by atoms with Crippen LogP contribution in [0.4, 0.5) is 0 Å². The van der Waals surface area contributed by atoms with Crippen molar-refractivity contribution < 1.29 is 14.2 Å². The average molecular weight is 489 g/mol. The lowest BCUT2D eigenvalue weighted by Crippen LogP contribution is -2.54. The second kappa shape index (κ2) is 11.1. The van der Waals surface area contributed by atoms with Gasteiger partial charge in [-0.25, -0.2) is 0 Å². The summed E-state index contributed by atoms with van der Waals surface area (Å²) < 4.78 is 17.7. The van der Waals surface area contributed by atoms with Gasteiger partial charge in [0, 0.05) is 26.7 Å². The van der Waals surface area contributed by atoms with Crippen LogP contribution in [-0.2, 0) is 9.47 Å². The number of hydrogen-bond acceptors (Lipinski definition) is 4. The van der Waals surface area contributed by atoms with Gasteiger partial charge in [0.2, 0.25) is 0 Å². The molecule has 0 saturated carbocycles. The fourth-order valence-corrected chi connectivity index (χ4v) is 3.45. The van der Waals surface area contributed by atoms with E-state index in [4.69, 9.17) is 14.2 Å². The molecule has 0 aromatic heterocycles. The normalized spacial score (nSPS) is 24.3. The van der Waals surface area contributed by atoms with Gasteiger partial charge < -0.3 is 24.4 Å². The predicted molar refractivity (Wildman–Crippen MR) is 118 cm³/mol.